The molecule has 106 valence electrons. The van der Waals surface area contributed by atoms with Crippen LogP contribution in [0.5, 0.6) is 0 Å². The number of nitrogens with zero attached hydrogens (tertiary/aromatic N) is 1. The van der Waals surface area contributed by atoms with E-state index in [0.717, 1.165) is 18.0 Å². The summed E-state index contributed by atoms with van der Waals surface area (Å²) in [7, 11) is 0. The summed E-state index contributed by atoms with van der Waals surface area (Å²) in [6, 6.07) is 1.49. The number of rotatable bonds is 4. The third kappa shape index (κ3) is 3.96. The van der Waals surface area contributed by atoms with E-state index in [0.29, 0.717) is 5.54 Å². The molecule has 2 nitrogen and oxygen atoms in total. The number of hydrogen-bond donors (Lipinski definition) is 1. The second-order valence-electron chi connectivity index (χ2n) is 7.53. The van der Waals surface area contributed by atoms with Crippen LogP contribution in [-0.4, -0.2) is 35.6 Å². The van der Waals surface area contributed by atoms with Crippen LogP contribution in [0.4, 0.5) is 0 Å². The maximum absolute atomic E-state index is 3.86. The molecule has 1 atom stereocenters. The quantitative estimate of drug-likeness (QED) is 0.825. The van der Waals surface area contributed by atoms with Gasteiger partial charge >= 0.3 is 0 Å². The fourth-order valence-corrected chi connectivity index (χ4v) is 3.42. The van der Waals surface area contributed by atoms with Crippen molar-refractivity contribution in [3.63, 3.8) is 0 Å². The van der Waals surface area contributed by atoms with E-state index in [1.165, 1.54) is 51.6 Å². The summed E-state index contributed by atoms with van der Waals surface area (Å²) in [5.41, 5.74) is 0.350. The molecule has 1 unspecified atom stereocenters. The highest BCUT2D eigenvalue weighted by molar-refractivity contribution is 4.86. The van der Waals surface area contributed by atoms with E-state index in [9.17, 15) is 0 Å². The summed E-state index contributed by atoms with van der Waals surface area (Å²) in [6.07, 6.45) is 8.49. The van der Waals surface area contributed by atoms with Crippen LogP contribution in [0.3, 0.4) is 0 Å². The first-order chi connectivity index (χ1) is 8.45. The lowest BCUT2D eigenvalue weighted by molar-refractivity contribution is 0.0926. The highest BCUT2D eigenvalue weighted by atomic mass is 15.2. The van der Waals surface area contributed by atoms with E-state index in [2.05, 4.69) is 37.9 Å². The lowest BCUT2D eigenvalue weighted by atomic mass is 9.81. The standard InChI is InChI=1S/C16H32N2/c1-13(12-14-6-5-7-14)17-15-8-10-18(11-9-15)16(2,3)4/h13-15,17H,5-12H2,1-4H3. The molecule has 0 aromatic carbocycles. The van der Waals surface area contributed by atoms with Crippen LogP contribution >= 0.6 is 0 Å². The van der Waals surface area contributed by atoms with Crippen molar-refractivity contribution in [3.05, 3.63) is 0 Å². The van der Waals surface area contributed by atoms with Gasteiger partial charge in [0.15, 0.2) is 0 Å². The van der Waals surface area contributed by atoms with E-state index in [4.69, 9.17) is 0 Å². The third-order valence-corrected chi connectivity index (χ3v) is 4.88. The molecular weight excluding hydrogens is 220 g/mol. The minimum atomic E-state index is 0.350. The molecule has 0 amide bonds. The molecule has 1 N–H and O–H groups in total. The van der Waals surface area contributed by atoms with Gasteiger partial charge in [-0.3, -0.25) is 4.90 Å². The predicted molar refractivity (Wildman–Crippen MR) is 78.9 cm³/mol. The van der Waals surface area contributed by atoms with Gasteiger partial charge in [-0.05, 0) is 52.9 Å². The summed E-state index contributed by atoms with van der Waals surface area (Å²) >= 11 is 0. The summed E-state index contributed by atoms with van der Waals surface area (Å²) in [4.78, 5) is 2.63. The van der Waals surface area contributed by atoms with E-state index in [1.807, 2.05) is 0 Å². The van der Waals surface area contributed by atoms with Gasteiger partial charge in [0.25, 0.3) is 0 Å². The van der Waals surface area contributed by atoms with Crippen LogP contribution in [-0.2, 0) is 0 Å². The Morgan fingerprint density at radius 3 is 2.17 bits per heavy atom. The van der Waals surface area contributed by atoms with E-state index in [1.54, 1.807) is 0 Å². The van der Waals surface area contributed by atoms with Crippen molar-refractivity contribution in [2.75, 3.05) is 13.1 Å². The Hall–Kier alpha value is -0.0800. The maximum atomic E-state index is 3.86. The van der Waals surface area contributed by atoms with Gasteiger partial charge in [0, 0.05) is 30.7 Å². The molecular formula is C16H32N2. The lowest BCUT2D eigenvalue weighted by Gasteiger charge is -2.42. The molecule has 0 aromatic heterocycles. The van der Waals surface area contributed by atoms with E-state index < -0.39 is 0 Å². The van der Waals surface area contributed by atoms with Gasteiger partial charge in [0.05, 0.1) is 0 Å². The SMILES string of the molecule is CC(CC1CCC1)NC1CCN(C(C)(C)C)CC1. The molecule has 0 spiro atoms. The summed E-state index contributed by atoms with van der Waals surface area (Å²) in [6.45, 7) is 11.9. The molecule has 1 heterocycles. The van der Waals surface area contributed by atoms with Gasteiger partial charge in [-0.25, -0.2) is 0 Å². The number of likely N-dealkylation sites (tertiary alicyclic amines) is 1. The molecule has 0 aromatic rings. The minimum absolute atomic E-state index is 0.350. The number of nitrogens with one attached hydrogen (secondary N) is 1. The summed E-state index contributed by atoms with van der Waals surface area (Å²) in [5, 5.41) is 3.86. The van der Waals surface area contributed by atoms with E-state index >= 15 is 0 Å². The smallest absolute Gasteiger partial charge is 0.0125 e. The van der Waals surface area contributed by atoms with Crippen LogP contribution in [0.2, 0.25) is 0 Å². The average Bonchev–Trinajstić information content (AvgIpc) is 2.23. The molecule has 1 saturated carbocycles. The number of hydrogen-bond acceptors (Lipinski definition) is 2. The monoisotopic (exact) mass is 252 g/mol. The summed E-state index contributed by atoms with van der Waals surface area (Å²) in [5.74, 6) is 1.03. The summed E-state index contributed by atoms with van der Waals surface area (Å²) < 4.78 is 0. The van der Waals surface area contributed by atoms with Gasteiger partial charge in [-0.2, -0.15) is 0 Å². The minimum Gasteiger partial charge on any atom is -0.311 e. The van der Waals surface area contributed by atoms with Crippen molar-refractivity contribution in [3.8, 4) is 0 Å². The van der Waals surface area contributed by atoms with Crippen LogP contribution in [0.15, 0.2) is 0 Å². The highest BCUT2D eigenvalue weighted by Crippen LogP contribution is 2.30. The van der Waals surface area contributed by atoms with E-state index in [-0.39, 0.29) is 0 Å². The highest BCUT2D eigenvalue weighted by Gasteiger charge is 2.28. The zero-order chi connectivity index (χ0) is 13.2. The predicted octanol–water partition coefficient (Wildman–Crippen LogP) is 3.42. The first-order valence-electron chi connectivity index (χ1n) is 7.96. The number of piperidine rings is 1. The molecule has 1 saturated heterocycles. The normalized spacial score (nSPS) is 26.0. The van der Waals surface area contributed by atoms with Crippen LogP contribution < -0.4 is 5.32 Å². The molecule has 0 bridgehead atoms. The second-order valence-corrected chi connectivity index (χ2v) is 7.53. The van der Waals surface area contributed by atoms with Crippen molar-refractivity contribution in [1.82, 2.24) is 10.2 Å². The Morgan fingerprint density at radius 1 is 1.11 bits per heavy atom. The van der Waals surface area contributed by atoms with Gasteiger partial charge in [0.1, 0.15) is 0 Å². The fraction of sp³-hybridized carbons (Fsp3) is 1.00. The molecule has 1 aliphatic carbocycles. The zero-order valence-corrected chi connectivity index (χ0v) is 12.8. The Bertz CT molecular complexity index is 244. The first-order valence-corrected chi connectivity index (χ1v) is 7.96. The van der Waals surface area contributed by atoms with Crippen molar-refractivity contribution >= 4 is 0 Å². The molecule has 0 radical (unpaired) electrons. The van der Waals surface area contributed by atoms with Crippen molar-refractivity contribution in [2.24, 2.45) is 5.92 Å². The molecule has 18 heavy (non-hydrogen) atoms. The molecule has 2 rings (SSSR count). The Balaban J connectivity index is 1.66. The van der Waals surface area contributed by atoms with Crippen molar-refractivity contribution < 1.29 is 0 Å². The van der Waals surface area contributed by atoms with Crippen molar-refractivity contribution in [2.45, 2.75) is 83.8 Å². The zero-order valence-electron chi connectivity index (χ0n) is 12.8. The third-order valence-electron chi connectivity index (χ3n) is 4.88. The maximum Gasteiger partial charge on any atom is 0.0125 e. The second kappa shape index (κ2) is 5.92. The Morgan fingerprint density at radius 2 is 1.72 bits per heavy atom. The van der Waals surface area contributed by atoms with Crippen LogP contribution in [0.25, 0.3) is 0 Å². The fourth-order valence-electron chi connectivity index (χ4n) is 3.42. The molecule has 2 heteroatoms. The lowest BCUT2D eigenvalue weighted by Crippen LogP contribution is -2.51. The molecule has 1 aliphatic heterocycles. The average molecular weight is 252 g/mol. The Labute approximate surface area is 114 Å². The topological polar surface area (TPSA) is 15.3 Å². The van der Waals surface area contributed by atoms with Gasteiger partial charge in [-0.15, -0.1) is 0 Å². The van der Waals surface area contributed by atoms with Crippen LogP contribution in [0.1, 0.15) is 66.2 Å². The van der Waals surface area contributed by atoms with Gasteiger partial charge in [0.2, 0.25) is 0 Å². The molecule has 2 fully saturated rings. The van der Waals surface area contributed by atoms with Gasteiger partial charge < -0.3 is 5.32 Å². The van der Waals surface area contributed by atoms with Crippen LogP contribution in [0, 0.1) is 5.92 Å². The first kappa shape index (κ1) is 14.3. The molecule has 2 aliphatic rings. The van der Waals surface area contributed by atoms with Gasteiger partial charge in [-0.1, -0.05) is 19.3 Å². The van der Waals surface area contributed by atoms with Crippen molar-refractivity contribution in [1.29, 1.82) is 0 Å². The Kier molecular flexibility index (Phi) is 4.71. The largest absolute Gasteiger partial charge is 0.311 e.